The third-order valence-corrected chi connectivity index (χ3v) is 3.63. The highest BCUT2D eigenvalue weighted by Gasteiger charge is 2.42. The van der Waals surface area contributed by atoms with E-state index in [0.29, 0.717) is 12.1 Å². The second kappa shape index (κ2) is 4.10. The average Bonchev–Trinajstić information content (AvgIpc) is 3.18. The Hall–Kier alpha value is -1.87. The van der Waals surface area contributed by atoms with Crippen molar-refractivity contribution in [3.05, 3.63) is 48.0 Å². The second-order valence-corrected chi connectivity index (χ2v) is 5.00. The zero-order chi connectivity index (χ0) is 12.6. The van der Waals surface area contributed by atoms with E-state index in [1.165, 1.54) is 0 Å². The molecular formula is C15H16N2O. The van der Waals surface area contributed by atoms with Gasteiger partial charge in [0.15, 0.2) is 0 Å². The van der Waals surface area contributed by atoms with Crippen LogP contribution in [0.3, 0.4) is 0 Å². The van der Waals surface area contributed by atoms with Crippen molar-refractivity contribution in [2.24, 2.45) is 5.73 Å². The van der Waals surface area contributed by atoms with Crippen LogP contribution in [0.15, 0.2) is 42.5 Å². The number of amides is 1. The van der Waals surface area contributed by atoms with Crippen molar-refractivity contribution in [3.63, 3.8) is 0 Å². The van der Waals surface area contributed by atoms with Crippen molar-refractivity contribution in [3.8, 4) is 0 Å². The molecule has 2 aromatic rings. The molecule has 0 bridgehead atoms. The summed E-state index contributed by atoms with van der Waals surface area (Å²) in [4.78, 5) is 12.1. The van der Waals surface area contributed by atoms with Gasteiger partial charge in [-0.2, -0.15) is 0 Å². The zero-order valence-corrected chi connectivity index (χ0v) is 10.1. The van der Waals surface area contributed by atoms with E-state index in [1.807, 2.05) is 42.5 Å². The average molecular weight is 240 g/mol. The van der Waals surface area contributed by atoms with Crippen LogP contribution in [0.4, 0.5) is 0 Å². The smallest absolute Gasteiger partial charge is 0.251 e. The predicted molar refractivity (Wildman–Crippen MR) is 72.4 cm³/mol. The van der Waals surface area contributed by atoms with Crippen LogP contribution >= 0.6 is 0 Å². The molecule has 92 valence electrons. The van der Waals surface area contributed by atoms with Gasteiger partial charge in [-0.1, -0.05) is 30.3 Å². The highest BCUT2D eigenvalue weighted by Crippen LogP contribution is 2.34. The molecule has 0 aliphatic heterocycles. The van der Waals surface area contributed by atoms with E-state index < -0.39 is 0 Å². The summed E-state index contributed by atoms with van der Waals surface area (Å²) in [6.07, 6.45) is 1.98. The van der Waals surface area contributed by atoms with E-state index in [-0.39, 0.29) is 11.4 Å². The Morgan fingerprint density at radius 2 is 1.89 bits per heavy atom. The lowest BCUT2D eigenvalue weighted by atomic mass is 10.1. The van der Waals surface area contributed by atoms with Crippen LogP contribution in [0.2, 0.25) is 0 Å². The SMILES string of the molecule is NCC1(NC(=O)c2ccc3ccccc3c2)CC1. The Morgan fingerprint density at radius 3 is 2.56 bits per heavy atom. The van der Waals surface area contributed by atoms with Crippen LogP contribution in [0.5, 0.6) is 0 Å². The number of carbonyl (C=O) groups excluding carboxylic acids is 1. The molecule has 3 heteroatoms. The summed E-state index contributed by atoms with van der Waals surface area (Å²) in [5, 5.41) is 5.27. The number of hydrogen-bond acceptors (Lipinski definition) is 2. The summed E-state index contributed by atoms with van der Waals surface area (Å²) in [5.74, 6) is -0.0243. The molecule has 0 aromatic heterocycles. The number of benzene rings is 2. The van der Waals surface area contributed by atoms with Gasteiger partial charge in [-0.05, 0) is 35.7 Å². The maximum Gasteiger partial charge on any atom is 0.251 e. The molecule has 0 spiro atoms. The Labute approximate surface area is 106 Å². The summed E-state index contributed by atoms with van der Waals surface area (Å²) in [5.41, 5.74) is 6.24. The van der Waals surface area contributed by atoms with Crippen LogP contribution < -0.4 is 11.1 Å². The molecule has 0 atom stereocenters. The fourth-order valence-corrected chi connectivity index (χ4v) is 2.17. The number of carbonyl (C=O) groups is 1. The minimum absolute atomic E-state index is 0.0243. The van der Waals surface area contributed by atoms with Gasteiger partial charge < -0.3 is 11.1 Å². The first kappa shape index (κ1) is 11.2. The normalized spacial score (nSPS) is 16.5. The molecule has 0 saturated heterocycles. The van der Waals surface area contributed by atoms with Gasteiger partial charge in [-0.25, -0.2) is 0 Å². The lowest BCUT2D eigenvalue weighted by Gasteiger charge is -2.15. The van der Waals surface area contributed by atoms with Crippen molar-refractivity contribution in [1.82, 2.24) is 5.32 Å². The van der Waals surface area contributed by atoms with E-state index in [1.54, 1.807) is 0 Å². The molecule has 1 saturated carbocycles. The van der Waals surface area contributed by atoms with Gasteiger partial charge in [-0.3, -0.25) is 4.79 Å². The molecule has 1 amide bonds. The van der Waals surface area contributed by atoms with Crippen molar-refractivity contribution in [2.45, 2.75) is 18.4 Å². The molecule has 0 unspecified atom stereocenters. The largest absolute Gasteiger partial charge is 0.345 e. The predicted octanol–water partition coefficient (Wildman–Crippen LogP) is 2.06. The van der Waals surface area contributed by atoms with Gasteiger partial charge in [0.25, 0.3) is 5.91 Å². The Morgan fingerprint density at radius 1 is 1.17 bits per heavy atom. The van der Waals surface area contributed by atoms with Crippen molar-refractivity contribution < 1.29 is 4.79 Å². The molecule has 3 rings (SSSR count). The summed E-state index contributed by atoms with van der Waals surface area (Å²) in [6.45, 7) is 0.520. The molecule has 3 N–H and O–H groups in total. The monoisotopic (exact) mass is 240 g/mol. The fourth-order valence-electron chi connectivity index (χ4n) is 2.17. The Bertz CT molecular complexity index is 602. The van der Waals surface area contributed by atoms with Gasteiger partial charge in [0.1, 0.15) is 0 Å². The standard InChI is InChI=1S/C15H16N2O/c16-10-15(7-8-15)17-14(18)13-6-5-11-3-1-2-4-12(11)9-13/h1-6,9H,7-8,10,16H2,(H,17,18). The Kier molecular flexibility index (Phi) is 2.56. The highest BCUT2D eigenvalue weighted by molar-refractivity contribution is 5.99. The highest BCUT2D eigenvalue weighted by atomic mass is 16.1. The molecule has 0 radical (unpaired) electrons. The maximum atomic E-state index is 12.1. The van der Waals surface area contributed by atoms with Crippen LogP contribution in [0.25, 0.3) is 10.8 Å². The first-order valence-corrected chi connectivity index (χ1v) is 6.24. The van der Waals surface area contributed by atoms with Crippen LogP contribution in [-0.4, -0.2) is 18.0 Å². The number of nitrogens with two attached hydrogens (primary N) is 1. The molecule has 0 heterocycles. The van der Waals surface area contributed by atoms with E-state index in [0.717, 1.165) is 23.6 Å². The second-order valence-electron chi connectivity index (χ2n) is 5.00. The molecule has 3 nitrogen and oxygen atoms in total. The third kappa shape index (κ3) is 1.97. The third-order valence-electron chi connectivity index (χ3n) is 3.63. The first-order chi connectivity index (χ1) is 8.72. The summed E-state index contributed by atoms with van der Waals surface area (Å²) in [6, 6.07) is 13.8. The van der Waals surface area contributed by atoms with Crippen LogP contribution in [0, 0.1) is 0 Å². The Balaban J connectivity index is 1.87. The van der Waals surface area contributed by atoms with E-state index in [4.69, 9.17) is 5.73 Å². The lowest BCUT2D eigenvalue weighted by Crippen LogP contribution is -2.42. The number of hydrogen-bond donors (Lipinski definition) is 2. The zero-order valence-electron chi connectivity index (χ0n) is 10.1. The maximum absolute atomic E-state index is 12.1. The van der Waals surface area contributed by atoms with Gasteiger partial charge in [0.2, 0.25) is 0 Å². The fraction of sp³-hybridized carbons (Fsp3) is 0.267. The quantitative estimate of drug-likeness (QED) is 0.862. The van der Waals surface area contributed by atoms with Crippen molar-refractivity contribution in [1.29, 1.82) is 0 Å². The van der Waals surface area contributed by atoms with Gasteiger partial charge in [0.05, 0.1) is 5.54 Å². The summed E-state index contributed by atoms with van der Waals surface area (Å²) >= 11 is 0. The first-order valence-electron chi connectivity index (χ1n) is 6.24. The molecule has 1 aliphatic rings. The minimum Gasteiger partial charge on any atom is -0.345 e. The summed E-state index contributed by atoms with van der Waals surface area (Å²) in [7, 11) is 0. The molecule has 18 heavy (non-hydrogen) atoms. The van der Waals surface area contributed by atoms with E-state index in [9.17, 15) is 4.79 Å². The van der Waals surface area contributed by atoms with Gasteiger partial charge >= 0.3 is 0 Å². The molecule has 1 fully saturated rings. The number of fused-ring (bicyclic) bond motifs is 1. The van der Waals surface area contributed by atoms with Crippen molar-refractivity contribution >= 4 is 16.7 Å². The van der Waals surface area contributed by atoms with Crippen molar-refractivity contribution in [2.75, 3.05) is 6.54 Å². The number of nitrogens with one attached hydrogen (secondary N) is 1. The molecule has 1 aliphatic carbocycles. The topological polar surface area (TPSA) is 55.1 Å². The van der Waals surface area contributed by atoms with Crippen LogP contribution in [0.1, 0.15) is 23.2 Å². The number of rotatable bonds is 3. The van der Waals surface area contributed by atoms with Gasteiger partial charge in [-0.15, -0.1) is 0 Å². The molecule has 2 aromatic carbocycles. The van der Waals surface area contributed by atoms with E-state index >= 15 is 0 Å². The van der Waals surface area contributed by atoms with Crippen LogP contribution in [-0.2, 0) is 0 Å². The van der Waals surface area contributed by atoms with E-state index in [2.05, 4.69) is 5.32 Å². The summed E-state index contributed by atoms with van der Waals surface area (Å²) < 4.78 is 0. The van der Waals surface area contributed by atoms with Gasteiger partial charge in [0, 0.05) is 12.1 Å². The molecular weight excluding hydrogens is 224 g/mol. The minimum atomic E-state index is -0.136. The lowest BCUT2D eigenvalue weighted by molar-refractivity contribution is 0.0933.